The van der Waals surface area contributed by atoms with Gasteiger partial charge in [0.15, 0.2) is 5.78 Å². The molecule has 0 aliphatic heterocycles. The van der Waals surface area contributed by atoms with Crippen LogP contribution in [0.5, 0.6) is 0 Å². The summed E-state index contributed by atoms with van der Waals surface area (Å²) < 4.78 is 0. The first-order valence-electron chi connectivity index (χ1n) is 6.89. The maximum Gasteiger partial charge on any atom is 0.162 e. The Morgan fingerprint density at radius 2 is 1.47 bits per heavy atom. The summed E-state index contributed by atoms with van der Waals surface area (Å²) in [5.41, 5.74) is -0.0909. The smallest absolute Gasteiger partial charge is 0.162 e. The topological polar surface area (TPSA) is 46.2 Å². The minimum Gasteiger partial charge on any atom is -0.386 e. The summed E-state index contributed by atoms with van der Waals surface area (Å²) in [4.78, 5) is 24.2. The minimum atomic E-state index is -0.422. The number of Topliss-reactive ketones (excluding diaryl/α,β-unsaturated/α-hetero) is 1. The van der Waals surface area contributed by atoms with Crippen molar-refractivity contribution in [1.82, 2.24) is 5.32 Å². The fourth-order valence-electron chi connectivity index (χ4n) is 1.33. The summed E-state index contributed by atoms with van der Waals surface area (Å²) in [6.45, 7) is 15.3. The van der Waals surface area contributed by atoms with Gasteiger partial charge in [-0.25, -0.2) is 0 Å². The van der Waals surface area contributed by atoms with Crippen molar-refractivity contribution in [3.63, 3.8) is 0 Å². The highest BCUT2D eigenvalue weighted by Gasteiger charge is 2.24. The molecule has 110 valence electrons. The van der Waals surface area contributed by atoms with Crippen LogP contribution in [0.1, 0.15) is 61.8 Å². The summed E-state index contributed by atoms with van der Waals surface area (Å²) in [6, 6.07) is 0.201. The average Bonchev–Trinajstić information content (AvgIpc) is 2.12. The summed E-state index contributed by atoms with van der Waals surface area (Å²) in [5.74, 6) is 0.172. The van der Waals surface area contributed by atoms with Crippen molar-refractivity contribution in [2.24, 2.45) is 10.8 Å². The van der Waals surface area contributed by atoms with Crippen LogP contribution in [0.2, 0.25) is 0 Å². The van der Waals surface area contributed by atoms with Crippen molar-refractivity contribution in [2.45, 2.75) is 67.9 Å². The second kappa shape index (κ2) is 6.36. The highest BCUT2D eigenvalue weighted by molar-refractivity contribution is 5.95. The van der Waals surface area contributed by atoms with E-state index in [0.717, 1.165) is 5.70 Å². The van der Waals surface area contributed by atoms with Crippen LogP contribution in [0.15, 0.2) is 11.8 Å². The Labute approximate surface area is 117 Å². The molecule has 0 aliphatic rings. The summed E-state index contributed by atoms with van der Waals surface area (Å²) in [7, 11) is 0. The summed E-state index contributed by atoms with van der Waals surface area (Å²) in [6.07, 6.45) is 1.87. The van der Waals surface area contributed by atoms with Gasteiger partial charge in [-0.05, 0) is 13.8 Å². The van der Waals surface area contributed by atoms with E-state index in [9.17, 15) is 9.59 Å². The molecule has 0 saturated heterocycles. The first-order chi connectivity index (χ1) is 8.34. The van der Waals surface area contributed by atoms with Gasteiger partial charge in [0.1, 0.15) is 5.78 Å². The molecule has 0 aromatic carbocycles. The molecule has 19 heavy (non-hydrogen) atoms. The van der Waals surface area contributed by atoms with E-state index in [-0.39, 0.29) is 29.4 Å². The Kier molecular flexibility index (Phi) is 5.98. The second-order valence-corrected chi connectivity index (χ2v) is 7.43. The van der Waals surface area contributed by atoms with Crippen LogP contribution in [0, 0.1) is 10.8 Å². The third kappa shape index (κ3) is 7.14. The molecule has 0 heterocycles. The van der Waals surface area contributed by atoms with Gasteiger partial charge in [0.2, 0.25) is 0 Å². The van der Waals surface area contributed by atoms with Gasteiger partial charge in [0, 0.05) is 35.1 Å². The average molecular weight is 267 g/mol. The second-order valence-electron chi connectivity index (χ2n) is 7.43. The van der Waals surface area contributed by atoms with Crippen LogP contribution in [-0.2, 0) is 9.59 Å². The molecule has 0 rings (SSSR count). The van der Waals surface area contributed by atoms with Crippen LogP contribution in [0.4, 0.5) is 0 Å². The van der Waals surface area contributed by atoms with E-state index >= 15 is 0 Å². The molecule has 0 unspecified atom stereocenters. The lowest BCUT2D eigenvalue weighted by Gasteiger charge is -2.21. The van der Waals surface area contributed by atoms with E-state index in [2.05, 4.69) is 5.32 Å². The first-order valence-corrected chi connectivity index (χ1v) is 6.89. The number of carbonyl (C=O) groups excluding carboxylic acids is 2. The van der Waals surface area contributed by atoms with Crippen LogP contribution < -0.4 is 5.32 Å². The normalized spacial score (nSPS) is 13.6. The number of hydrogen-bond acceptors (Lipinski definition) is 3. The van der Waals surface area contributed by atoms with Crippen LogP contribution in [0.25, 0.3) is 0 Å². The number of nitrogens with one attached hydrogen (secondary N) is 1. The van der Waals surface area contributed by atoms with Gasteiger partial charge in [-0.1, -0.05) is 41.5 Å². The summed E-state index contributed by atoms with van der Waals surface area (Å²) in [5, 5.41) is 3.21. The molecule has 0 aromatic rings. The van der Waals surface area contributed by atoms with Gasteiger partial charge < -0.3 is 5.32 Å². The molecule has 0 radical (unpaired) electrons. The van der Waals surface area contributed by atoms with Crippen molar-refractivity contribution >= 4 is 11.6 Å². The number of hydrogen-bond donors (Lipinski definition) is 1. The Morgan fingerprint density at radius 1 is 1.00 bits per heavy atom. The SMILES string of the molecule is CC(C)N/C(=C\C(=O)C(C)(C)C)CC(=O)C(C)(C)C. The third-order valence-electron chi connectivity index (χ3n) is 2.71. The molecule has 3 nitrogen and oxygen atoms in total. The van der Waals surface area contributed by atoms with Crippen LogP contribution in [0.3, 0.4) is 0 Å². The van der Waals surface area contributed by atoms with Gasteiger partial charge in [-0.15, -0.1) is 0 Å². The molecule has 0 aliphatic carbocycles. The molecular weight excluding hydrogens is 238 g/mol. The molecule has 0 amide bonds. The predicted octanol–water partition coefficient (Wildman–Crippen LogP) is 3.49. The van der Waals surface area contributed by atoms with Crippen LogP contribution in [-0.4, -0.2) is 17.6 Å². The highest BCUT2D eigenvalue weighted by atomic mass is 16.1. The Balaban J connectivity index is 5.09. The number of allylic oxidation sites excluding steroid dienone is 2. The molecule has 3 heteroatoms. The molecule has 0 spiro atoms. The van der Waals surface area contributed by atoms with Crippen LogP contribution >= 0.6 is 0 Å². The van der Waals surface area contributed by atoms with Crippen molar-refractivity contribution < 1.29 is 9.59 Å². The van der Waals surface area contributed by atoms with E-state index in [4.69, 9.17) is 0 Å². The number of carbonyl (C=O) groups is 2. The van der Waals surface area contributed by atoms with Gasteiger partial charge in [-0.2, -0.15) is 0 Å². The predicted molar refractivity (Wildman–Crippen MR) is 79.9 cm³/mol. The van der Waals surface area contributed by atoms with Gasteiger partial charge in [-0.3, -0.25) is 9.59 Å². The maximum absolute atomic E-state index is 12.1. The lowest BCUT2D eigenvalue weighted by Crippen LogP contribution is -2.29. The van der Waals surface area contributed by atoms with E-state index in [1.165, 1.54) is 0 Å². The zero-order valence-corrected chi connectivity index (χ0v) is 13.7. The number of rotatable bonds is 5. The Bertz CT molecular complexity index is 365. The van der Waals surface area contributed by atoms with Crippen molar-refractivity contribution in [3.05, 3.63) is 11.8 Å². The Hall–Kier alpha value is -1.12. The van der Waals surface area contributed by atoms with Crippen molar-refractivity contribution in [3.8, 4) is 0 Å². The third-order valence-corrected chi connectivity index (χ3v) is 2.71. The first kappa shape index (κ1) is 17.9. The van der Waals surface area contributed by atoms with Gasteiger partial charge in [0.05, 0.1) is 0 Å². The number of ketones is 2. The maximum atomic E-state index is 12.1. The van der Waals surface area contributed by atoms with E-state index < -0.39 is 5.41 Å². The zero-order valence-electron chi connectivity index (χ0n) is 13.7. The molecule has 0 atom stereocenters. The molecular formula is C16H29NO2. The van der Waals surface area contributed by atoms with Crippen molar-refractivity contribution in [1.29, 1.82) is 0 Å². The zero-order chi connectivity index (χ0) is 15.4. The lowest BCUT2D eigenvalue weighted by atomic mass is 9.86. The van der Waals surface area contributed by atoms with Crippen molar-refractivity contribution in [2.75, 3.05) is 0 Å². The molecule has 1 N–H and O–H groups in total. The standard InChI is InChI=1S/C16H29NO2/c1-11(2)17-12(9-13(18)15(3,4)5)10-14(19)16(6,7)8/h9,11,17H,10H2,1-8H3/b12-9-. The van der Waals surface area contributed by atoms with Gasteiger partial charge in [0.25, 0.3) is 0 Å². The Morgan fingerprint density at radius 3 is 1.79 bits per heavy atom. The molecule has 0 aromatic heterocycles. The summed E-state index contributed by atoms with van der Waals surface area (Å²) >= 11 is 0. The molecule has 0 fully saturated rings. The van der Waals surface area contributed by atoms with E-state index in [1.54, 1.807) is 6.08 Å². The quantitative estimate of drug-likeness (QED) is 0.776. The van der Waals surface area contributed by atoms with E-state index in [0.29, 0.717) is 0 Å². The lowest BCUT2D eigenvalue weighted by molar-refractivity contribution is -0.125. The van der Waals surface area contributed by atoms with Gasteiger partial charge >= 0.3 is 0 Å². The monoisotopic (exact) mass is 267 g/mol. The highest BCUT2D eigenvalue weighted by Crippen LogP contribution is 2.21. The molecule has 0 bridgehead atoms. The fraction of sp³-hybridized carbons (Fsp3) is 0.750. The minimum absolute atomic E-state index is 0.0392. The van der Waals surface area contributed by atoms with E-state index in [1.807, 2.05) is 55.4 Å². The fourth-order valence-corrected chi connectivity index (χ4v) is 1.33. The molecule has 0 saturated carbocycles. The largest absolute Gasteiger partial charge is 0.386 e.